The summed E-state index contributed by atoms with van der Waals surface area (Å²) in [5.41, 5.74) is 0. The van der Waals surface area contributed by atoms with Gasteiger partial charge in [0.2, 0.25) is 0 Å². The second-order valence-electron chi connectivity index (χ2n) is 8.19. The zero-order valence-electron chi connectivity index (χ0n) is 17.3. The average Bonchev–Trinajstić information content (AvgIpc) is 2.54. The van der Waals surface area contributed by atoms with Crippen LogP contribution in [0.15, 0.2) is 0 Å². The summed E-state index contributed by atoms with van der Waals surface area (Å²) in [6.07, 6.45) is 6.56. The SMILES string of the molecule is [2H]C([2H])(COC1CCC(CN2CCC(C(C)C)CC2)CC1)C(C)C. The van der Waals surface area contributed by atoms with Crippen LogP contribution in [0.2, 0.25) is 0 Å². The van der Waals surface area contributed by atoms with E-state index in [1.165, 1.54) is 45.3 Å². The van der Waals surface area contributed by atoms with Crippen LogP contribution in [-0.4, -0.2) is 37.2 Å². The minimum Gasteiger partial charge on any atom is -0.378 e. The number of ether oxygens (including phenoxy) is 1. The molecule has 2 nitrogen and oxygen atoms in total. The van der Waals surface area contributed by atoms with Gasteiger partial charge in [-0.15, -0.1) is 0 Å². The van der Waals surface area contributed by atoms with E-state index in [1.807, 2.05) is 13.8 Å². The van der Waals surface area contributed by atoms with Crippen molar-refractivity contribution in [2.45, 2.75) is 78.7 Å². The van der Waals surface area contributed by atoms with Crippen LogP contribution in [0.25, 0.3) is 0 Å². The summed E-state index contributed by atoms with van der Waals surface area (Å²) in [5.74, 6) is 2.61. The molecule has 0 amide bonds. The van der Waals surface area contributed by atoms with Gasteiger partial charge in [-0.3, -0.25) is 0 Å². The molecule has 0 radical (unpaired) electrons. The van der Waals surface area contributed by atoms with Crippen LogP contribution >= 0.6 is 0 Å². The van der Waals surface area contributed by atoms with E-state index in [-0.39, 0.29) is 18.6 Å². The van der Waals surface area contributed by atoms with Crippen LogP contribution in [0, 0.1) is 23.7 Å². The molecule has 0 aromatic heterocycles. The summed E-state index contributed by atoms with van der Waals surface area (Å²) in [4.78, 5) is 2.68. The average molecular weight is 312 g/mol. The fourth-order valence-corrected chi connectivity index (χ4v) is 3.98. The number of nitrogens with zero attached hydrogens (tertiary/aromatic N) is 1. The van der Waals surface area contributed by atoms with Crippen molar-refractivity contribution in [3.63, 3.8) is 0 Å². The first-order valence-electron chi connectivity index (χ1n) is 10.6. The Hall–Kier alpha value is -0.0800. The number of hydrogen-bond acceptors (Lipinski definition) is 2. The molecule has 1 aliphatic heterocycles. The van der Waals surface area contributed by atoms with Gasteiger partial charge < -0.3 is 9.64 Å². The maximum Gasteiger partial charge on any atom is 0.0575 e. The molecule has 22 heavy (non-hydrogen) atoms. The van der Waals surface area contributed by atoms with Gasteiger partial charge in [-0.1, -0.05) is 27.7 Å². The van der Waals surface area contributed by atoms with E-state index in [0.29, 0.717) is 0 Å². The smallest absolute Gasteiger partial charge is 0.0575 e. The molecule has 1 heterocycles. The number of likely N-dealkylation sites (tertiary alicyclic amines) is 1. The van der Waals surface area contributed by atoms with E-state index in [1.54, 1.807) is 0 Å². The molecule has 0 aromatic rings. The summed E-state index contributed by atoms with van der Waals surface area (Å²) in [7, 11) is 0. The minimum atomic E-state index is -1.20. The summed E-state index contributed by atoms with van der Waals surface area (Å²) >= 11 is 0. The van der Waals surface area contributed by atoms with Crippen molar-refractivity contribution in [3.8, 4) is 0 Å². The second-order valence-corrected chi connectivity index (χ2v) is 8.19. The summed E-state index contributed by atoms with van der Waals surface area (Å²) in [6, 6.07) is 0. The number of hydrogen-bond donors (Lipinski definition) is 0. The van der Waals surface area contributed by atoms with Crippen molar-refractivity contribution >= 4 is 0 Å². The Labute approximate surface area is 141 Å². The van der Waals surface area contributed by atoms with Crippen molar-refractivity contribution in [1.82, 2.24) is 4.90 Å². The molecule has 0 spiro atoms. The highest BCUT2D eigenvalue weighted by Gasteiger charge is 2.26. The van der Waals surface area contributed by atoms with E-state index in [2.05, 4.69) is 18.7 Å². The highest BCUT2D eigenvalue weighted by molar-refractivity contribution is 4.79. The molecule has 0 N–H and O–H groups in total. The maximum atomic E-state index is 7.99. The Balaban J connectivity index is 1.63. The van der Waals surface area contributed by atoms with Crippen LogP contribution in [0.5, 0.6) is 0 Å². The van der Waals surface area contributed by atoms with E-state index in [0.717, 1.165) is 30.6 Å². The summed E-state index contributed by atoms with van der Waals surface area (Å²) in [5, 5.41) is 0. The molecule has 0 bridgehead atoms. The maximum absolute atomic E-state index is 7.99. The normalized spacial score (nSPS) is 30.6. The second kappa shape index (κ2) is 9.27. The van der Waals surface area contributed by atoms with Crippen LogP contribution in [-0.2, 0) is 4.74 Å². The van der Waals surface area contributed by atoms with Gasteiger partial charge in [0.05, 0.1) is 6.10 Å². The topological polar surface area (TPSA) is 12.5 Å². The van der Waals surface area contributed by atoms with Crippen LogP contribution in [0.4, 0.5) is 0 Å². The molecule has 0 aromatic carbocycles. The van der Waals surface area contributed by atoms with Crippen molar-refractivity contribution in [2.24, 2.45) is 23.7 Å². The fourth-order valence-electron chi connectivity index (χ4n) is 3.98. The molecule has 2 aliphatic rings. The molecule has 1 saturated heterocycles. The molecule has 2 fully saturated rings. The molecule has 2 heteroatoms. The molecule has 1 saturated carbocycles. The van der Waals surface area contributed by atoms with Crippen LogP contribution in [0.3, 0.4) is 0 Å². The molecule has 0 unspecified atom stereocenters. The highest BCUT2D eigenvalue weighted by atomic mass is 16.5. The van der Waals surface area contributed by atoms with Crippen molar-refractivity contribution in [3.05, 3.63) is 0 Å². The lowest BCUT2D eigenvalue weighted by atomic mass is 9.84. The quantitative estimate of drug-likeness (QED) is 0.658. The lowest BCUT2D eigenvalue weighted by Crippen LogP contribution is -2.39. The van der Waals surface area contributed by atoms with Crippen LogP contribution < -0.4 is 0 Å². The lowest BCUT2D eigenvalue weighted by molar-refractivity contribution is 0.00756. The summed E-state index contributed by atoms with van der Waals surface area (Å²) in [6.45, 7) is 12.7. The molecular formula is C20H39NO. The lowest BCUT2D eigenvalue weighted by Gasteiger charge is -2.37. The van der Waals surface area contributed by atoms with Crippen LogP contribution in [0.1, 0.15) is 75.3 Å². The van der Waals surface area contributed by atoms with Gasteiger partial charge in [-0.2, -0.15) is 0 Å². The Morgan fingerprint density at radius 3 is 2.18 bits per heavy atom. The number of rotatable bonds is 7. The van der Waals surface area contributed by atoms with E-state index in [9.17, 15) is 0 Å². The zero-order valence-corrected chi connectivity index (χ0v) is 15.3. The first-order valence-corrected chi connectivity index (χ1v) is 9.62. The minimum absolute atomic E-state index is 0.0163. The molecular weight excluding hydrogens is 270 g/mol. The van der Waals surface area contributed by atoms with E-state index >= 15 is 0 Å². The monoisotopic (exact) mass is 311 g/mol. The predicted molar refractivity (Wildman–Crippen MR) is 95.2 cm³/mol. The van der Waals surface area contributed by atoms with Gasteiger partial charge in [-0.05, 0) is 81.7 Å². The van der Waals surface area contributed by atoms with E-state index in [4.69, 9.17) is 7.48 Å². The number of piperidine rings is 1. The van der Waals surface area contributed by atoms with Gasteiger partial charge in [-0.25, -0.2) is 0 Å². The van der Waals surface area contributed by atoms with E-state index < -0.39 is 6.37 Å². The third-order valence-electron chi connectivity index (χ3n) is 5.70. The molecule has 2 rings (SSSR count). The third-order valence-corrected chi connectivity index (χ3v) is 5.70. The Morgan fingerprint density at radius 2 is 1.64 bits per heavy atom. The Kier molecular flexibility index (Phi) is 6.51. The highest BCUT2D eigenvalue weighted by Crippen LogP contribution is 2.30. The van der Waals surface area contributed by atoms with Crippen molar-refractivity contribution in [1.29, 1.82) is 0 Å². The summed E-state index contributed by atoms with van der Waals surface area (Å²) < 4.78 is 21.9. The largest absolute Gasteiger partial charge is 0.378 e. The van der Waals surface area contributed by atoms with Gasteiger partial charge in [0.25, 0.3) is 0 Å². The van der Waals surface area contributed by atoms with Gasteiger partial charge in [0, 0.05) is 15.9 Å². The first-order chi connectivity index (χ1) is 11.3. The van der Waals surface area contributed by atoms with Gasteiger partial charge >= 0.3 is 0 Å². The van der Waals surface area contributed by atoms with Crippen molar-refractivity contribution < 1.29 is 7.48 Å². The van der Waals surface area contributed by atoms with Gasteiger partial charge in [0.15, 0.2) is 0 Å². The fraction of sp³-hybridized carbons (Fsp3) is 1.00. The van der Waals surface area contributed by atoms with Gasteiger partial charge in [0.1, 0.15) is 0 Å². The third kappa shape index (κ3) is 6.20. The Morgan fingerprint density at radius 1 is 1.00 bits per heavy atom. The first kappa shape index (κ1) is 15.4. The zero-order chi connectivity index (χ0) is 17.7. The standard InChI is InChI=1S/C20H39NO/c1-16(2)11-14-22-20-7-5-18(6-8-20)15-21-12-9-19(10-13-21)17(3)4/h16-20H,5-15H2,1-4H3/i11D2. The molecule has 1 aliphatic carbocycles. The Bertz CT molecular complexity index is 357. The molecule has 0 atom stereocenters. The van der Waals surface area contributed by atoms with Crippen molar-refractivity contribution in [2.75, 3.05) is 26.2 Å². The predicted octanol–water partition coefficient (Wildman–Crippen LogP) is 4.98. The molecule has 130 valence electrons.